The van der Waals surface area contributed by atoms with Crippen LogP contribution >= 0.6 is 0 Å². The molecule has 116 valence electrons. The van der Waals surface area contributed by atoms with Gasteiger partial charge in [0.15, 0.2) is 0 Å². The Morgan fingerprint density at radius 2 is 2.29 bits per heavy atom. The Bertz CT molecular complexity index is 494. The third kappa shape index (κ3) is 3.78. The van der Waals surface area contributed by atoms with Crippen LogP contribution in [0.3, 0.4) is 0 Å². The molecule has 0 radical (unpaired) electrons. The van der Waals surface area contributed by atoms with Gasteiger partial charge in [-0.25, -0.2) is 0 Å². The fourth-order valence-corrected chi connectivity index (χ4v) is 3.03. The van der Waals surface area contributed by atoms with Gasteiger partial charge in [-0.05, 0) is 30.9 Å². The molecule has 0 spiro atoms. The van der Waals surface area contributed by atoms with E-state index in [1.54, 1.807) is 12.1 Å². The van der Waals surface area contributed by atoms with Crippen molar-refractivity contribution in [3.05, 3.63) is 39.9 Å². The van der Waals surface area contributed by atoms with Gasteiger partial charge in [0, 0.05) is 24.7 Å². The van der Waals surface area contributed by atoms with Crippen molar-refractivity contribution in [2.45, 2.75) is 31.9 Å². The molecule has 21 heavy (non-hydrogen) atoms. The lowest BCUT2D eigenvalue weighted by Crippen LogP contribution is -2.48. The number of nitrogens with zero attached hydrogens (tertiary/aromatic N) is 2. The number of non-ortho nitro benzene ring substituents is 1. The Kier molecular flexibility index (Phi) is 5.27. The molecule has 0 aliphatic carbocycles. The average Bonchev–Trinajstić information content (AvgIpc) is 2.47. The maximum atomic E-state index is 10.8. The number of aliphatic hydroxyl groups is 2. The Hall–Kier alpha value is -1.50. The summed E-state index contributed by atoms with van der Waals surface area (Å²) in [6.45, 7) is 3.40. The van der Waals surface area contributed by atoms with Gasteiger partial charge in [-0.15, -0.1) is 0 Å². The number of nitro groups is 1. The van der Waals surface area contributed by atoms with Gasteiger partial charge in [-0.3, -0.25) is 15.0 Å². The minimum atomic E-state index is -0.788. The molecule has 1 aliphatic heterocycles. The second-order valence-electron chi connectivity index (χ2n) is 5.73. The molecule has 1 fully saturated rings. The summed E-state index contributed by atoms with van der Waals surface area (Å²) >= 11 is 0. The number of aliphatic hydroxyl groups excluding tert-OH is 2. The number of nitro benzene ring substituents is 1. The summed E-state index contributed by atoms with van der Waals surface area (Å²) in [7, 11) is 0. The Morgan fingerprint density at radius 1 is 1.52 bits per heavy atom. The van der Waals surface area contributed by atoms with Crippen molar-refractivity contribution in [3.8, 4) is 0 Å². The second-order valence-corrected chi connectivity index (χ2v) is 5.73. The number of β-amino-alcohol motifs (C(OH)–C–C–N with tert-alkyl or cyclic N) is 1. The maximum absolute atomic E-state index is 10.8. The highest BCUT2D eigenvalue weighted by Gasteiger charge is 2.29. The molecule has 6 nitrogen and oxygen atoms in total. The third-order valence-corrected chi connectivity index (χ3v) is 4.29. The van der Waals surface area contributed by atoms with Crippen LogP contribution in [0.2, 0.25) is 0 Å². The van der Waals surface area contributed by atoms with Crippen molar-refractivity contribution in [1.82, 2.24) is 4.90 Å². The third-order valence-electron chi connectivity index (χ3n) is 4.29. The summed E-state index contributed by atoms with van der Waals surface area (Å²) in [5.41, 5.74) is 0.524. The van der Waals surface area contributed by atoms with Crippen molar-refractivity contribution in [1.29, 1.82) is 0 Å². The SMILES string of the molecule is CC1CCCN(CC(O)c2cccc([N+](=O)[O-])c2)C1CO. The van der Waals surface area contributed by atoms with E-state index in [1.807, 2.05) is 0 Å². The van der Waals surface area contributed by atoms with Gasteiger partial charge in [-0.2, -0.15) is 0 Å². The van der Waals surface area contributed by atoms with Crippen molar-refractivity contribution in [3.63, 3.8) is 0 Å². The van der Waals surface area contributed by atoms with Gasteiger partial charge in [0.25, 0.3) is 5.69 Å². The first-order valence-electron chi connectivity index (χ1n) is 7.30. The maximum Gasteiger partial charge on any atom is 0.269 e. The molecule has 2 rings (SSSR count). The van der Waals surface area contributed by atoms with E-state index >= 15 is 0 Å². The summed E-state index contributed by atoms with van der Waals surface area (Å²) in [5.74, 6) is 0.390. The highest BCUT2D eigenvalue weighted by Crippen LogP contribution is 2.26. The van der Waals surface area contributed by atoms with Crippen LogP contribution in [-0.2, 0) is 0 Å². The van der Waals surface area contributed by atoms with E-state index in [9.17, 15) is 20.3 Å². The topological polar surface area (TPSA) is 86.8 Å². The summed E-state index contributed by atoms with van der Waals surface area (Å²) in [6.07, 6.45) is 1.33. The molecule has 0 saturated carbocycles. The molecule has 1 aromatic carbocycles. The Labute approximate surface area is 124 Å². The predicted molar refractivity (Wildman–Crippen MR) is 78.9 cm³/mol. The quantitative estimate of drug-likeness (QED) is 0.638. The molecular weight excluding hydrogens is 272 g/mol. The van der Waals surface area contributed by atoms with Crippen molar-refractivity contribution in [2.24, 2.45) is 5.92 Å². The van der Waals surface area contributed by atoms with E-state index in [2.05, 4.69) is 11.8 Å². The van der Waals surface area contributed by atoms with Crippen LogP contribution in [0, 0.1) is 16.0 Å². The smallest absolute Gasteiger partial charge is 0.269 e. The molecule has 6 heteroatoms. The zero-order valence-electron chi connectivity index (χ0n) is 12.2. The summed E-state index contributed by atoms with van der Waals surface area (Å²) < 4.78 is 0. The minimum Gasteiger partial charge on any atom is -0.395 e. The number of benzene rings is 1. The molecule has 0 amide bonds. The van der Waals surface area contributed by atoms with Crippen molar-refractivity contribution < 1.29 is 15.1 Å². The standard InChI is InChI=1S/C15H22N2O4/c1-11-4-3-7-16(14(11)10-18)9-15(19)12-5-2-6-13(8-12)17(20)21/h2,5-6,8,11,14-15,18-19H,3-4,7,9-10H2,1H3. The molecule has 2 N–H and O–H groups in total. The number of rotatable bonds is 5. The molecule has 3 atom stereocenters. The molecule has 0 aromatic heterocycles. The van der Waals surface area contributed by atoms with Crippen molar-refractivity contribution in [2.75, 3.05) is 19.7 Å². The average molecular weight is 294 g/mol. The van der Waals surface area contributed by atoms with Crippen LogP contribution in [0.1, 0.15) is 31.4 Å². The van der Waals surface area contributed by atoms with E-state index in [1.165, 1.54) is 12.1 Å². The van der Waals surface area contributed by atoms with Crippen LogP contribution < -0.4 is 0 Å². The van der Waals surface area contributed by atoms with E-state index in [0.717, 1.165) is 19.4 Å². The van der Waals surface area contributed by atoms with E-state index in [0.29, 0.717) is 18.0 Å². The first-order valence-corrected chi connectivity index (χ1v) is 7.30. The Morgan fingerprint density at radius 3 is 2.95 bits per heavy atom. The normalized spacial score (nSPS) is 24.7. The largest absolute Gasteiger partial charge is 0.395 e. The molecule has 1 saturated heterocycles. The van der Waals surface area contributed by atoms with Crippen LogP contribution in [0.15, 0.2) is 24.3 Å². The Balaban J connectivity index is 2.08. The number of hydrogen-bond donors (Lipinski definition) is 2. The van der Waals surface area contributed by atoms with Gasteiger partial charge < -0.3 is 10.2 Å². The lowest BCUT2D eigenvalue weighted by atomic mass is 9.90. The fourth-order valence-electron chi connectivity index (χ4n) is 3.03. The molecule has 3 unspecified atom stereocenters. The van der Waals surface area contributed by atoms with Gasteiger partial charge in [0.1, 0.15) is 0 Å². The van der Waals surface area contributed by atoms with Gasteiger partial charge in [0.05, 0.1) is 17.6 Å². The van der Waals surface area contributed by atoms with Crippen LogP contribution in [0.25, 0.3) is 0 Å². The van der Waals surface area contributed by atoms with Crippen LogP contribution in [-0.4, -0.2) is 45.8 Å². The van der Waals surface area contributed by atoms with Gasteiger partial charge in [0.2, 0.25) is 0 Å². The number of piperidine rings is 1. The first-order chi connectivity index (χ1) is 10.0. The molecular formula is C15H22N2O4. The lowest BCUT2D eigenvalue weighted by molar-refractivity contribution is -0.385. The molecule has 0 bridgehead atoms. The monoisotopic (exact) mass is 294 g/mol. The fraction of sp³-hybridized carbons (Fsp3) is 0.600. The minimum absolute atomic E-state index is 0.0164. The first kappa shape index (κ1) is 15.9. The number of likely N-dealkylation sites (tertiary alicyclic amines) is 1. The van der Waals surface area contributed by atoms with Gasteiger partial charge in [-0.1, -0.05) is 19.1 Å². The summed E-state index contributed by atoms with van der Waals surface area (Å²) in [5, 5.41) is 30.6. The summed E-state index contributed by atoms with van der Waals surface area (Å²) in [4.78, 5) is 12.4. The zero-order valence-corrected chi connectivity index (χ0v) is 12.2. The second kappa shape index (κ2) is 6.98. The molecule has 1 heterocycles. The zero-order chi connectivity index (χ0) is 15.4. The molecule has 1 aliphatic rings. The lowest BCUT2D eigenvalue weighted by Gasteiger charge is -2.40. The predicted octanol–water partition coefficient (Wildman–Crippen LogP) is 1.72. The van der Waals surface area contributed by atoms with E-state index in [-0.39, 0.29) is 18.3 Å². The van der Waals surface area contributed by atoms with Crippen LogP contribution in [0.4, 0.5) is 5.69 Å². The highest BCUT2D eigenvalue weighted by molar-refractivity contribution is 5.35. The summed E-state index contributed by atoms with van der Waals surface area (Å²) in [6, 6.07) is 6.15. The van der Waals surface area contributed by atoms with E-state index in [4.69, 9.17) is 0 Å². The van der Waals surface area contributed by atoms with Crippen LogP contribution in [0.5, 0.6) is 0 Å². The highest BCUT2D eigenvalue weighted by atomic mass is 16.6. The van der Waals surface area contributed by atoms with E-state index < -0.39 is 11.0 Å². The van der Waals surface area contributed by atoms with Crippen molar-refractivity contribution >= 4 is 5.69 Å². The molecule has 1 aromatic rings. The van der Waals surface area contributed by atoms with Gasteiger partial charge >= 0.3 is 0 Å². The number of hydrogen-bond acceptors (Lipinski definition) is 5.